The van der Waals surface area contributed by atoms with Crippen molar-refractivity contribution in [3.63, 3.8) is 0 Å². The number of benzene rings is 7. The minimum absolute atomic E-state index is 0.872. The predicted octanol–water partition coefficient (Wildman–Crippen LogP) is 13.3. The van der Waals surface area contributed by atoms with Crippen molar-refractivity contribution >= 4 is 60.4 Å². The van der Waals surface area contributed by atoms with Crippen LogP contribution in [-0.4, -0.2) is 4.57 Å². The second-order valence-corrected chi connectivity index (χ2v) is 13.6. The van der Waals surface area contributed by atoms with E-state index in [4.69, 9.17) is 8.83 Å². The average molecular weight is 654 g/mol. The molecule has 1 aliphatic carbocycles. The van der Waals surface area contributed by atoms with Crippen molar-refractivity contribution in [2.75, 3.05) is 0 Å². The lowest BCUT2D eigenvalue weighted by Crippen LogP contribution is -2.05. The van der Waals surface area contributed by atoms with E-state index in [0.29, 0.717) is 0 Å². The Morgan fingerprint density at radius 1 is 0.392 bits per heavy atom. The Labute approximate surface area is 294 Å². The smallest absolute Gasteiger partial charge is 0.135 e. The number of nitrogens with zero attached hydrogens (tertiary/aromatic N) is 1. The van der Waals surface area contributed by atoms with Gasteiger partial charge in [-0.15, -0.1) is 0 Å². The van der Waals surface area contributed by atoms with E-state index in [1.165, 1.54) is 55.3 Å². The van der Waals surface area contributed by atoms with Crippen LogP contribution in [0.5, 0.6) is 0 Å². The Balaban J connectivity index is 1.15. The van der Waals surface area contributed by atoms with Gasteiger partial charge in [0, 0.05) is 38.9 Å². The predicted molar refractivity (Wildman–Crippen MR) is 211 cm³/mol. The van der Waals surface area contributed by atoms with Crippen molar-refractivity contribution in [1.29, 1.82) is 0 Å². The summed E-state index contributed by atoms with van der Waals surface area (Å²) in [6.07, 6.45) is 4.20. The number of aryl methyl sites for hydroxylation is 1. The lowest BCUT2D eigenvalue weighted by Gasteiger charge is -2.18. The number of hydrogen-bond donors (Lipinski definition) is 0. The third-order valence-corrected chi connectivity index (χ3v) is 10.7. The summed E-state index contributed by atoms with van der Waals surface area (Å²) in [4.78, 5) is 0. The topological polar surface area (TPSA) is 31.2 Å². The van der Waals surface area contributed by atoms with Crippen molar-refractivity contribution in [3.8, 4) is 33.4 Å². The van der Waals surface area contributed by atoms with Crippen LogP contribution in [-0.2, 0) is 6.42 Å². The lowest BCUT2D eigenvalue weighted by molar-refractivity contribution is 0.544. The molecule has 3 heterocycles. The molecular weight excluding hydrogens is 623 g/mol. The summed E-state index contributed by atoms with van der Waals surface area (Å²) < 4.78 is 15.3. The number of aromatic nitrogens is 1. The molecule has 3 aromatic heterocycles. The maximum atomic E-state index is 6.67. The van der Waals surface area contributed by atoms with E-state index < -0.39 is 0 Å². The van der Waals surface area contributed by atoms with Gasteiger partial charge in [-0.05, 0) is 82.3 Å². The van der Waals surface area contributed by atoms with Crippen molar-refractivity contribution in [1.82, 2.24) is 4.57 Å². The molecule has 51 heavy (non-hydrogen) atoms. The van der Waals surface area contributed by atoms with Crippen LogP contribution in [0.25, 0.3) is 93.8 Å². The fourth-order valence-corrected chi connectivity index (χ4v) is 8.23. The van der Waals surface area contributed by atoms with E-state index >= 15 is 0 Å². The molecule has 0 radical (unpaired) electrons. The van der Waals surface area contributed by atoms with Crippen LogP contribution in [0.15, 0.2) is 173 Å². The zero-order valence-corrected chi connectivity index (χ0v) is 27.8. The van der Waals surface area contributed by atoms with Gasteiger partial charge in [-0.3, -0.25) is 0 Å². The number of fused-ring (bicyclic) bond motifs is 9. The molecule has 0 spiro atoms. The first-order valence-corrected chi connectivity index (χ1v) is 17.6. The fraction of sp³-hybridized carbons (Fsp3) is 0.0417. The number of para-hydroxylation sites is 1. The molecule has 0 bridgehead atoms. The van der Waals surface area contributed by atoms with Crippen molar-refractivity contribution in [3.05, 3.63) is 175 Å². The molecule has 10 aromatic rings. The van der Waals surface area contributed by atoms with E-state index in [-0.39, 0.29) is 0 Å². The Morgan fingerprint density at radius 3 is 1.59 bits per heavy atom. The van der Waals surface area contributed by atoms with Gasteiger partial charge >= 0.3 is 0 Å². The highest BCUT2D eigenvalue weighted by Gasteiger charge is 2.26. The van der Waals surface area contributed by atoms with E-state index in [2.05, 4.69) is 156 Å². The number of allylic oxidation sites excluding steroid dienone is 1. The van der Waals surface area contributed by atoms with Gasteiger partial charge in [-0.1, -0.05) is 121 Å². The van der Waals surface area contributed by atoms with Gasteiger partial charge in [-0.25, -0.2) is 0 Å². The number of hydrogen-bond acceptors (Lipinski definition) is 2. The molecule has 11 rings (SSSR count). The molecule has 3 heteroatoms. The van der Waals surface area contributed by atoms with E-state index in [9.17, 15) is 0 Å². The molecule has 0 amide bonds. The van der Waals surface area contributed by atoms with Gasteiger partial charge in [-0.2, -0.15) is 0 Å². The van der Waals surface area contributed by atoms with Crippen LogP contribution in [0, 0.1) is 0 Å². The van der Waals surface area contributed by atoms with E-state index in [1.807, 2.05) is 12.1 Å². The molecule has 0 atom stereocenters. The van der Waals surface area contributed by atoms with Crippen LogP contribution >= 0.6 is 0 Å². The maximum Gasteiger partial charge on any atom is 0.135 e. The molecule has 0 N–H and O–H groups in total. The summed E-state index contributed by atoms with van der Waals surface area (Å²) in [5.74, 6) is 1.05. The second-order valence-electron chi connectivity index (χ2n) is 13.6. The molecule has 0 aliphatic heterocycles. The minimum atomic E-state index is 0.872. The SMILES string of the molecule is C1=C(n2c3cc(-c4ccccc4)ccc3c3ccc(-c4ccccc4)cc32)c2c(oc3ccc(-c4ccc5oc6ccccc6c5c4)cc23)CC1. The molecule has 240 valence electrons. The highest BCUT2D eigenvalue weighted by Crippen LogP contribution is 2.44. The minimum Gasteiger partial charge on any atom is -0.460 e. The van der Waals surface area contributed by atoms with Gasteiger partial charge in [0.15, 0.2) is 0 Å². The standard InChI is InChI=1S/C48H31NO2/c1-3-10-30(11-4-1)34-18-22-36-37-23-19-35(31-12-5-2-6-13-31)29-43(37)49(42(36)28-34)41-15-9-17-47-48(41)40-27-33(21-25-46(40)51-47)32-20-24-45-39(26-32)38-14-7-8-16-44(38)50-45/h1-8,10-16,18-29H,9,17H2. The molecule has 0 unspecified atom stereocenters. The first-order chi connectivity index (χ1) is 25.3. The van der Waals surface area contributed by atoms with Gasteiger partial charge < -0.3 is 13.4 Å². The fourth-order valence-electron chi connectivity index (χ4n) is 8.23. The average Bonchev–Trinajstić information content (AvgIpc) is 3.87. The molecule has 0 saturated heterocycles. The number of furan rings is 2. The highest BCUT2D eigenvalue weighted by molar-refractivity contribution is 6.14. The quantitative estimate of drug-likeness (QED) is 0.189. The molecule has 1 aliphatic rings. The third-order valence-electron chi connectivity index (χ3n) is 10.7. The van der Waals surface area contributed by atoms with E-state index in [1.54, 1.807) is 0 Å². The van der Waals surface area contributed by atoms with Gasteiger partial charge in [0.25, 0.3) is 0 Å². The summed E-state index contributed by atoms with van der Waals surface area (Å²) >= 11 is 0. The van der Waals surface area contributed by atoms with Gasteiger partial charge in [0.2, 0.25) is 0 Å². The molecule has 3 nitrogen and oxygen atoms in total. The van der Waals surface area contributed by atoms with Crippen LogP contribution in [0.1, 0.15) is 17.7 Å². The lowest BCUT2D eigenvalue weighted by atomic mass is 9.95. The molecule has 7 aromatic carbocycles. The second kappa shape index (κ2) is 11.0. The summed E-state index contributed by atoms with van der Waals surface area (Å²) in [5.41, 5.74) is 14.6. The zero-order valence-electron chi connectivity index (χ0n) is 27.8. The normalized spacial score (nSPS) is 13.1. The Bertz CT molecular complexity index is 2910. The van der Waals surface area contributed by atoms with Gasteiger partial charge in [0.05, 0.1) is 16.7 Å². The summed E-state index contributed by atoms with van der Waals surface area (Å²) in [5, 5.41) is 5.89. The van der Waals surface area contributed by atoms with E-state index in [0.717, 1.165) is 62.6 Å². The summed E-state index contributed by atoms with van der Waals surface area (Å²) in [6.45, 7) is 0. The molecule has 0 saturated carbocycles. The third kappa shape index (κ3) is 4.38. The van der Waals surface area contributed by atoms with Crippen LogP contribution in [0.2, 0.25) is 0 Å². The van der Waals surface area contributed by atoms with Crippen LogP contribution in [0.4, 0.5) is 0 Å². The maximum absolute atomic E-state index is 6.67. The molecule has 0 fully saturated rings. The highest BCUT2D eigenvalue weighted by atomic mass is 16.3. The number of rotatable bonds is 4. The van der Waals surface area contributed by atoms with Crippen molar-refractivity contribution in [2.45, 2.75) is 12.8 Å². The monoisotopic (exact) mass is 653 g/mol. The summed E-state index contributed by atoms with van der Waals surface area (Å²) in [6, 6.07) is 56.6. The van der Waals surface area contributed by atoms with Crippen molar-refractivity contribution in [2.24, 2.45) is 0 Å². The van der Waals surface area contributed by atoms with Crippen molar-refractivity contribution < 1.29 is 8.83 Å². The van der Waals surface area contributed by atoms with Gasteiger partial charge in [0.1, 0.15) is 22.5 Å². The van der Waals surface area contributed by atoms with Crippen LogP contribution < -0.4 is 0 Å². The van der Waals surface area contributed by atoms with Crippen LogP contribution in [0.3, 0.4) is 0 Å². The zero-order chi connectivity index (χ0) is 33.5. The first kappa shape index (κ1) is 28.3. The largest absolute Gasteiger partial charge is 0.460 e. The first-order valence-electron chi connectivity index (χ1n) is 17.6. The Hall–Kier alpha value is -6.58. The summed E-state index contributed by atoms with van der Waals surface area (Å²) in [7, 11) is 0. The molecular formula is C48H31NO2. The Morgan fingerprint density at radius 2 is 0.922 bits per heavy atom. The Kier molecular flexibility index (Phi) is 6.08.